The molecule has 6 heteroatoms. The smallest absolute Gasteiger partial charge is 0.227 e. The molecule has 6 nitrogen and oxygen atoms in total. The minimum atomic E-state index is -0.0101. The molecule has 0 aliphatic carbocycles. The molecular formula is C24H28N2O4. The van der Waals surface area contributed by atoms with E-state index in [1.54, 1.807) is 14.2 Å². The van der Waals surface area contributed by atoms with E-state index in [0.29, 0.717) is 12.8 Å². The fourth-order valence-corrected chi connectivity index (χ4v) is 4.48. The number of likely N-dealkylation sites (tertiary alicyclic amines) is 1. The van der Waals surface area contributed by atoms with Gasteiger partial charge in [0.1, 0.15) is 11.5 Å². The monoisotopic (exact) mass is 408 g/mol. The lowest BCUT2D eigenvalue weighted by Gasteiger charge is -2.27. The van der Waals surface area contributed by atoms with Crippen LogP contribution in [0.4, 0.5) is 5.69 Å². The highest BCUT2D eigenvalue weighted by molar-refractivity contribution is 5.95. The normalized spacial score (nSPS) is 18.7. The van der Waals surface area contributed by atoms with Crippen molar-refractivity contribution in [3.05, 3.63) is 53.6 Å². The van der Waals surface area contributed by atoms with Gasteiger partial charge in [0, 0.05) is 30.8 Å². The first-order chi connectivity index (χ1) is 14.6. The van der Waals surface area contributed by atoms with Gasteiger partial charge in [0.15, 0.2) is 0 Å². The summed E-state index contributed by atoms with van der Waals surface area (Å²) in [5, 5.41) is 0. The van der Waals surface area contributed by atoms with Crippen molar-refractivity contribution in [2.45, 2.75) is 38.1 Å². The lowest BCUT2D eigenvalue weighted by molar-refractivity contribution is -0.131. The topological polar surface area (TPSA) is 59.1 Å². The Kier molecular flexibility index (Phi) is 5.93. The lowest BCUT2D eigenvalue weighted by atomic mass is 10.0. The first-order valence-electron chi connectivity index (χ1n) is 10.5. The number of carbonyl (C=O) groups excluding carboxylic acids is 2. The number of amides is 2. The number of anilines is 1. The molecule has 0 aromatic heterocycles. The lowest BCUT2D eigenvalue weighted by Crippen LogP contribution is -2.32. The first kappa shape index (κ1) is 20.3. The quantitative estimate of drug-likeness (QED) is 0.731. The van der Waals surface area contributed by atoms with Crippen LogP contribution < -0.4 is 14.4 Å². The Morgan fingerprint density at radius 3 is 2.50 bits per heavy atom. The van der Waals surface area contributed by atoms with Gasteiger partial charge in [-0.3, -0.25) is 9.59 Å². The fourth-order valence-electron chi connectivity index (χ4n) is 4.48. The van der Waals surface area contributed by atoms with Crippen molar-refractivity contribution in [3.63, 3.8) is 0 Å². The maximum absolute atomic E-state index is 13.1. The third-order valence-electron chi connectivity index (χ3n) is 6.05. The summed E-state index contributed by atoms with van der Waals surface area (Å²) in [7, 11) is 3.29. The molecule has 0 saturated carbocycles. The summed E-state index contributed by atoms with van der Waals surface area (Å²) in [6.45, 7) is 1.51. The van der Waals surface area contributed by atoms with Crippen LogP contribution in [-0.4, -0.2) is 44.0 Å². The molecule has 30 heavy (non-hydrogen) atoms. The Labute approximate surface area is 177 Å². The summed E-state index contributed by atoms with van der Waals surface area (Å²) >= 11 is 0. The Morgan fingerprint density at radius 1 is 1.03 bits per heavy atom. The largest absolute Gasteiger partial charge is 0.497 e. The van der Waals surface area contributed by atoms with Gasteiger partial charge in [0.05, 0.1) is 26.7 Å². The predicted molar refractivity (Wildman–Crippen MR) is 115 cm³/mol. The molecule has 2 heterocycles. The standard InChI is InChI=1S/C24H28N2O4/c1-29-19-11-12-22(30-2)20(16-19)21-5-3-14-26(21)24(28)15-17-7-9-18(10-8-17)25-13-4-6-23(25)27/h7-12,16,21H,3-6,13-15H2,1-2H3. The van der Waals surface area contributed by atoms with Gasteiger partial charge in [-0.1, -0.05) is 12.1 Å². The maximum Gasteiger partial charge on any atom is 0.227 e. The molecule has 4 rings (SSSR count). The minimum absolute atomic E-state index is 0.0101. The molecule has 158 valence electrons. The summed E-state index contributed by atoms with van der Waals surface area (Å²) < 4.78 is 10.9. The zero-order valence-electron chi connectivity index (χ0n) is 17.6. The maximum atomic E-state index is 13.1. The van der Waals surface area contributed by atoms with E-state index < -0.39 is 0 Å². The van der Waals surface area contributed by atoms with E-state index in [1.807, 2.05) is 52.3 Å². The second-order valence-corrected chi connectivity index (χ2v) is 7.85. The number of ether oxygens (including phenoxy) is 2. The molecule has 0 N–H and O–H groups in total. The number of benzene rings is 2. The molecule has 0 spiro atoms. The van der Waals surface area contributed by atoms with Crippen molar-refractivity contribution < 1.29 is 19.1 Å². The molecule has 1 unspecified atom stereocenters. The van der Waals surface area contributed by atoms with Gasteiger partial charge in [0.25, 0.3) is 0 Å². The van der Waals surface area contributed by atoms with Gasteiger partial charge in [-0.2, -0.15) is 0 Å². The van der Waals surface area contributed by atoms with Gasteiger partial charge in [-0.15, -0.1) is 0 Å². The van der Waals surface area contributed by atoms with Crippen molar-refractivity contribution in [1.82, 2.24) is 4.90 Å². The Balaban J connectivity index is 1.48. The van der Waals surface area contributed by atoms with Crippen LogP contribution in [0.5, 0.6) is 11.5 Å². The third-order valence-corrected chi connectivity index (χ3v) is 6.05. The van der Waals surface area contributed by atoms with Gasteiger partial charge in [-0.05, 0) is 55.2 Å². The zero-order valence-corrected chi connectivity index (χ0v) is 17.6. The van der Waals surface area contributed by atoms with E-state index >= 15 is 0 Å². The second kappa shape index (κ2) is 8.78. The van der Waals surface area contributed by atoms with Crippen LogP contribution in [0, 0.1) is 0 Å². The number of hydrogen-bond donors (Lipinski definition) is 0. The number of hydrogen-bond acceptors (Lipinski definition) is 4. The Bertz CT molecular complexity index is 925. The van der Waals surface area contributed by atoms with Crippen molar-refractivity contribution >= 4 is 17.5 Å². The summed E-state index contributed by atoms with van der Waals surface area (Å²) in [6, 6.07) is 13.5. The molecular weight excluding hydrogens is 380 g/mol. The summed E-state index contributed by atoms with van der Waals surface area (Å²) in [5.41, 5.74) is 2.86. The fraction of sp³-hybridized carbons (Fsp3) is 0.417. The van der Waals surface area contributed by atoms with Crippen LogP contribution in [0.25, 0.3) is 0 Å². The van der Waals surface area contributed by atoms with E-state index in [2.05, 4.69) is 0 Å². The van der Waals surface area contributed by atoms with Crippen molar-refractivity contribution in [2.24, 2.45) is 0 Å². The molecule has 2 aromatic rings. The summed E-state index contributed by atoms with van der Waals surface area (Å²) in [4.78, 5) is 28.8. The van der Waals surface area contributed by atoms with E-state index in [4.69, 9.17) is 9.47 Å². The molecule has 1 atom stereocenters. The molecule has 2 amide bonds. The summed E-state index contributed by atoms with van der Waals surface area (Å²) in [6.07, 6.45) is 3.74. The highest BCUT2D eigenvalue weighted by Gasteiger charge is 2.32. The van der Waals surface area contributed by atoms with Crippen LogP contribution in [0.1, 0.15) is 42.9 Å². The zero-order chi connectivity index (χ0) is 21.1. The molecule has 0 bridgehead atoms. The third kappa shape index (κ3) is 3.99. The molecule has 0 radical (unpaired) electrons. The number of nitrogens with zero attached hydrogens (tertiary/aromatic N) is 2. The van der Waals surface area contributed by atoms with Gasteiger partial charge >= 0.3 is 0 Å². The molecule has 2 saturated heterocycles. The van der Waals surface area contributed by atoms with Crippen molar-refractivity contribution in [3.8, 4) is 11.5 Å². The molecule has 2 aliphatic heterocycles. The highest BCUT2D eigenvalue weighted by Crippen LogP contribution is 2.39. The van der Waals surface area contributed by atoms with Crippen LogP contribution in [0.15, 0.2) is 42.5 Å². The Morgan fingerprint density at radius 2 is 1.83 bits per heavy atom. The number of methoxy groups -OCH3 is 2. The van der Waals surface area contributed by atoms with Gasteiger partial charge in [-0.25, -0.2) is 0 Å². The molecule has 2 aromatic carbocycles. The van der Waals surface area contributed by atoms with Crippen LogP contribution in [-0.2, 0) is 16.0 Å². The van der Waals surface area contributed by atoms with Gasteiger partial charge < -0.3 is 19.3 Å². The van der Waals surface area contributed by atoms with Crippen molar-refractivity contribution in [1.29, 1.82) is 0 Å². The van der Waals surface area contributed by atoms with E-state index in [1.165, 1.54) is 0 Å². The Hall–Kier alpha value is -3.02. The average molecular weight is 408 g/mol. The second-order valence-electron chi connectivity index (χ2n) is 7.85. The van der Waals surface area contributed by atoms with Crippen LogP contribution in [0.2, 0.25) is 0 Å². The highest BCUT2D eigenvalue weighted by atomic mass is 16.5. The van der Waals surface area contributed by atoms with Crippen LogP contribution in [0.3, 0.4) is 0 Å². The summed E-state index contributed by atoms with van der Waals surface area (Å²) in [5.74, 6) is 1.82. The average Bonchev–Trinajstić information content (AvgIpc) is 3.43. The first-order valence-corrected chi connectivity index (χ1v) is 10.5. The van der Waals surface area contributed by atoms with E-state index in [-0.39, 0.29) is 17.9 Å². The predicted octanol–water partition coefficient (Wildman–Crippen LogP) is 3.74. The minimum Gasteiger partial charge on any atom is -0.497 e. The van der Waals surface area contributed by atoms with E-state index in [0.717, 1.165) is 60.7 Å². The van der Waals surface area contributed by atoms with Crippen molar-refractivity contribution in [2.75, 3.05) is 32.2 Å². The molecule has 2 fully saturated rings. The van der Waals surface area contributed by atoms with Crippen LogP contribution >= 0.6 is 0 Å². The van der Waals surface area contributed by atoms with E-state index in [9.17, 15) is 9.59 Å². The van der Waals surface area contributed by atoms with Gasteiger partial charge in [0.2, 0.25) is 11.8 Å². The number of carbonyl (C=O) groups is 2. The molecule has 2 aliphatic rings. The number of rotatable bonds is 6. The SMILES string of the molecule is COc1ccc(OC)c(C2CCCN2C(=O)Cc2ccc(N3CCCC3=O)cc2)c1.